The van der Waals surface area contributed by atoms with Gasteiger partial charge in [0.1, 0.15) is 11.7 Å². The maximum atomic E-state index is 13.5. The fraction of sp³-hybridized carbons (Fsp3) is 0.444. The highest BCUT2D eigenvalue weighted by Crippen LogP contribution is 2.32. The van der Waals surface area contributed by atoms with Gasteiger partial charge in [0.25, 0.3) is 5.91 Å². The highest BCUT2D eigenvalue weighted by atomic mass is 16.5. The lowest BCUT2D eigenvalue weighted by atomic mass is 9.99. The van der Waals surface area contributed by atoms with Crippen LogP contribution in [0.2, 0.25) is 0 Å². The summed E-state index contributed by atoms with van der Waals surface area (Å²) in [5, 5.41) is 9.81. The first-order valence-electron chi connectivity index (χ1n) is 11.9. The van der Waals surface area contributed by atoms with Crippen LogP contribution in [0, 0.1) is 11.8 Å². The van der Waals surface area contributed by atoms with E-state index in [0.717, 1.165) is 24.0 Å². The summed E-state index contributed by atoms with van der Waals surface area (Å²) < 4.78 is 6.28. The molecule has 0 radical (unpaired) electrons. The van der Waals surface area contributed by atoms with E-state index in [-0.39, 0.29) is 48.3 Å². The van der Waals surface area contributed by atoms with Gasteiger partial charge in [0, 0.05) is 31.6 Å². The van der Waals surface area contributed by atoms with Crippen molar-refractivity contribution in [2.45, 2.75) is 38.8 Å². The molecule has 1 N–H and O–H groups in total. The maximum absolute atomic E-state index is 13.5. The number of ether oxygens (including phenoxy) is 1. The lowest BCUT2D eigenvalue weighted by Crippen LogP contribution is -2.50. The number of hydrogen-bond donors (Lipinski definition) is 1. The molecule has 2 amide bonds. The second-order valence-electron chi connectivity index (χ2n) is 9.48. The standard InChI is InChI=1S/C27H33N3O4/c1-18-15-30(19(2)17-31)27(33)23-13-21(10-9-20-7-5-4-6-8-20)14-28-25(23)34-24(18)16-29(3)26(32)22-11-12-22/h4-10,13-14,18-19,22,24,31H,11-12,15-17H2,1-3H3/b10-9+/t18-,19+,24+/m1/s1. The maximum Gasteiger partial charge on any atom is 0.259 e. The topological polar surface area (TPSA) is 83.0 Å². The van der Waals surface area contributed by atoms with Crippen LogP contribution in [0.25, 0.3) is 12.2 Å². The lowest BCUT2D eigenvalue weighted by molar-refractivity contribution is -0.132. The number of fused-ring (bicyclic) bond motifs is 1. The first-order valence-corrected chi connectivity index (χ1v) is 11.9. The van der Waals surface area contributed by atoms with E-state index in [1.54, 1.807) is 29.1 Å². The van der Waals surface area contributed by atoms with Gasteiger partial charge >= 0.3 is 0 Å². The Morgan fingerprint density at radius 1 is 1.26 bits per heavy atom. The van der Waals surface area contributed by atoms with Crippen LogP contribution in [0.5, 0.6) is 5.88 Å². The number of pyridine rings is 1. The highest BCUT2D eigenvalue weighted by molar-refractivity contribution is 5.97. The third kappa shape index (κ3) is 5.47. The van der Waals surface area contributed by atoms with Gasteiger partial charge in [-0.15, -0.1) is 0 Å². The van der Waals surface area contributed by atoms with Gasteiger partial charge in [-0.1, -0.05) is 49.4 Å². The summed E-state index contributed by atoms with van der Waals surface area (Å²) in [6.45, 7) is 4.53. The molecule has 1 aliphatic carbocycles. The van der Waals surface area contributed by atoms with Crippen molar-refractivity contribution >= 4 is 24.0 Å². The molecule has 2 aromatic rings. The monoisotopic (exact) mass is 463 g/mol. The van der Waals surface area contributed by atoms with Crippen molar-refractivity contribution in [1.29, 1.82) is 0 Å². The van der Waals surface area contributed by atoms with E-state index in [1.807, 2.05) is 56.3 Å². The first-order chi connectivity index (χ1) is 16.4. The third-order valence-electron chi connectivity index (χ3n) is 6.57. The molecule has 34 heavy (non-hydrogen) atoms. The zero-order valence-corrected chi connectivity index (χ0v) is 20.1. The molecule has 0 bridgehead atoms. The summed E-state index contributed by atoms with van der Waals surface area (Å²) in [6.07, 6.45) is 7.14. The average molecular weight is 464 g/mol. The van der Waals surface area contributed by atoms with E-state index in [1.165, 1.54) is 0 Å². The molecule has 7 nitrogen and oxygen atoms in total. The summed E-state index contributed by atoms with van der Waals surface area (Å²) >= 11 is 0. The molecule has 1 aromatic carbocycles. The van der Waals surface area contributed by atoms with E-state index in [0.29, 0.717) is 18.7 Å². The van der Waals surface area contributed by atoms with Crippen molar-refractivity contribution in [2.75, 3.05) is 26.7 Å². The van der Waals surface area contributed by atoms with Gasteiger partial charge < -0.3 is 19.6 Å². The van der Waals surface area contributed by atoms with Gasteiger partial charge in [0.2, 0.25) is 11.8 Å². The van der Waals surface area contributed by atoms with Crippen LogP contribution < -0.4 is 4.74 Å². The molecule has 1 aromatic heterocycles. The van der Waals surface area contributed by atoms with Crippen LogP contribution in [-0.2, 0) is 4.79 Å². The van der Waals surface area contributed by atoms with Crippen molar-refractivity contribution in [3.63, 3.8) is 0 Å². The van der Waals surface area contributed by atoms with E-state index in [9.17, 15) is 14.7 Å². The normalized spacial score (nSPS) is 21.4. The minimum Gasteiger partial charge on any atom is -0.472 e. The summed E-state index contributed by atoms with van der Waals surface area (Å²) in [4.78, 5) is 34.0. The van der Waals surface area contributed by atoms with Crippen LogP contribution in [0.4, 0.5) is 0 Å². The molecule has 1 aliphatic heterocycles. The van der Waals surface area contributed by atoms with Crippen molar-refractivity contribution in [3.8, 4) is 5.88 Å². The molecule has 1 fully saturated rings. The smallest absolute Gasteiger partial charge is 0.259 e. The predicted molar refractivity (Wildman–Crippen MR) is 131 cm³/mol. The Labute approximate surface area is 201 Å². The number of nitrogens with zero attached hydrogens (tertiary/aromatic N) is 3. The van der Waals surface area contributed by atoms with E-state index in [2.05, 4.69) is 4.98 Å². The Kier molecular flexibility index (Phi) is 7.32. The largest absolute Gasteiger partial charge is 0.472 e. The molecule has 4 rings (SSSR count). The predicted octanol–water partition coefficient (Wildman–Crippen LogP) is 3.34. The molecular weight excluding hydrogens is 430 g/mol. The fourth-order valence-electron chi connectivity index (χ4n) is 4.19. The van der Waals surface area contributed by atoms with Crippen molar-refractivity contribution in [3.05, 3.63) is 59.3 Å². The Morgan fingerprint density at radius 3 is 2.65 bits per heavy atom. The number of benzene rings is 1. The molecule has 0 spiro atoms. The Balaban J connectivity index is 1.64. The molecular formula is C27H33N3O4. The molecule has 0 unspecified atom stereocenters. The minimum atomic E-state index is -0.351. The fourth-order valence-corrected chi connectivity index (χ4v) is 4.19. The molecule has 1 saturated carbocycles. The minimum absolute atomic E-state index is 0.0555. The summed E-state index contributed by atoms with van der Waals surface area (Å²) in [6, 6.07) is 11.3. The molecule has 3 atom stereocenters. The average Bonchev–Trinajstić information content (AvgIpc) is 3.70. The van der Waals surface area contributed by atoms with Crippen molar-refractivity contribution in [1.82, 2.24) is 14.8 Å². The zero-order valence-electron chi connectivity index (χ0n) is 20.1. The lowest BCUT2D eigenvalue weighted by Gasteiger charge is -2.37. The molecule has 0 saturated heterocycles. The van der Waals surface area contributed by atoms with Gasteiger partial charge in [0.05, 0.1) is 19.2 Å². The van der Waals surface area contributed by atoms with Gasteiger partial charge in [0.15, 0.2) is 0 Å². The summed E-state index contributed by atoms with van der Waals surface area (Å²) in [5.74, 6) is 0.266. The number of carbonyl (C=O) groups is 2. The zero-order chi connectivity index (χ0) is 24.2. The number of likely N-dealkylation sites (N-methyl/N-ethyl adjacent to an activating group) is 1. The second-order valence-corrected chi connectivity index (χ2v) is 9.48. The third-order valence-corrected chi connectivity index (χ3v) is 6.57. The summed E-state index contributed by atoms with van der Waals surface area (Å²) in [5.41, 5.74) is 2.19. The number of hydrogen-bond acceptors (Lipinski definition) is 5. The highest BCUT2D eigenvalue weighted by Gasteiger charge is 2.37. The number of rotatable bonds is 7. The Bertz CT molecular complexity index is 1050. The van der Waals surface area contributed by atoms with Crippen molar-refractivity contribution < 1.29 is 19.4 Å². The van der Waals surface area contributed by atoms with E-state index < -0.39 is 0 Å². The number of aliphatic hydroxyl groups is 1. The van der Waals surface area contributed by atoms with Crippen LogP contribution in [-0.4, -0.2) is 70.6 Å². The van der Waals surface area contributed by atoms with Crippen molar-refractivity contribution in [2.24, 2.45) is 11.8 Å². The molecule has 2 aliphatic rings. The Hall–Kier alpha value is -3.19. The number of carbonyl (C=O) groups excluding carboxylic acids is 2. The van der Waals surface area contributed by atoms with E-state index in [4.69, 9.17) is 4.74 Å². The van der Waals surface area contributed by atoms with Gasteiger partial charge in [-0.05, 0) is 37.0 Å². The molecule has 2 heterocycles. The second kappa shape index (κ2) is 10.4. The first kappa shape index (κ1) is 24.0. The van der Waals surface area contributed by atoms with Gasteiger partial charge in [-0.2, -0.15) is 0 Å². The van der Waals surface area contributed by atoms with Gasteiger partial charge in [-0.25, -0.2) is 4.98 Å². The summed E-state index contributed by atoms with van der Waals surface area (Å²) in [7, 11) is 1.81. The van der Waals surface area contributed by atoms with Crippen LogP contribution in [0.3, 0.4) is 0 Å². The number of aliphatic hydroxyl groups excluding tert-OH is 1. The number of aromatic nitrogens is 1. The molecule has 7 heteroatoms. The quantitative estimate of drug-likeness (QED) is 0.681. The molecule has 180 valence electrons. The van der Waals surface area contributed by atoms with Gasteiger partial charge in [-0.3, -0.25) is 9.59 Å². The van der Waals surface area contributed by atoms with E-state index >= 15 is 0 Å². The Morgan fingerprint density at radius 2 is 1.97 bits per heavy atom. The van der Waals surface area contributed by atoms with Crippen LogP contribution in [0.15, 0.2) is 42.6 Å². The SMILES string of the molecule is C[C@@H]1CN([C@@H](C)CO)C(=O)c2cc(/C=C/c3ccccc3)cnc2O[C@H]1CN(C)C(=O)C1CC1. The van der Waals surface area contributed by atoms with Crippen LogP contribution >= 0.6 is 0 Å². The number of amides is 2. The van der Waals surface area contributed by atoms with Crippen LogP contribution in [0.1, 0.15) is 48.2 Å².